The third-order valence-corrected chi connectivity index (χ3v) is 6.33. The second-order valence-electron chi connectivity index (χ2n) is 10.7. The molecule has 3 amide bonds. The van der Waals surface area contributed by atoms with E-state index in [2.05, 4.69) is 17.2 Å². The van der Waals surface area contributed by atoms with Crippen molar-refractivity contribution in [2.75, 3.05) is 11.9 Å². The maximum Gasteiger partial charge on any atom is 0.408 e. The summed E-state index contributed by atoms with van der Waals surface area (Å²) in [6.45, 7) is 13.0. The Balaban J connectivity index is 2.05. The lowest BCUT2D eigenvalue weighted by atomic mass is 9.97. The van der Waals surface area contributed by atoms with Crippen molar-refractivity contribution in [3.8, 4) is 0 Å². The Kier molecular flexibility index (Phi) is 10.3. The zero-order valence-electron chi connectivity index (χ0n) is 23.9. The first-order valence-corrected chi connectivity index (χ1v) is 13.4. The smallest absolute Gasteiger partial charge is 0.408 e. The predicted octanol–water partition coefficient (Wildman–Crippen LogP) is 6.13. The van der Waals surface area contributed by atoms with Crippen LogP contribution in [-0.4, -0.2) is 41.0 Å². The molecule has 2 atom stereocenters. The van der Waals surface area contributed by atoms with E-state index in [9.17, 15) is 14.4 Å². The van der Waals surface area contributed by atoms with E-state index in [-0.39, 0.29) is 18.9 Å². The predicted molar refractivity (Wildman–Crippen MR) is 159 cm³/mol. The second kappa shape index (κ2) is 13.6. The van der Waals surface area contributed by atoms with Gasteiger partial charge in [-0.15, -0.1) is 6.58 Å². The number of ether oxygens (including phenoxy) is 1. The van der Waals surface area contributed by atoms with Crippen LogP contribution in [0, 0.1) is 13.8 Å². The third-order valence-electron chi connectivity index (χ3n) is 6.33. The van der Waals surface area contributed by atoms with E-state index in [0.29, 0.717) is 11.3 Å². The molecule has 2 N–H and O–H groups in total. The number of nitrogens with one attached hydrogen (secondary N) is 2. The molecule has 0 heterocycles. The average Bonchev–Trinajstić information content (AvgIpc) is 2.89. The summed E-state index contributed by atoms with van der Waals surface area (Å²) in [5.74, 6) is -0.794. The number of amides is 3. The molecule has 0 aliphatic heterocycles. The van der Waals surface area contributed by atoms with Crippen LogP contribution in [0.2, 0.25) is 0 Å². The van der Waals surface area contributed by atoms with Crippen LogP contribution in [0.5, 0.6) is 0 Å². The summed E-state index contributed by atoms with van der Waals surface area (Å²) >= 11 is 0. The molecule has 0 spiro atoms. The normalized spacial score (nSPS) is 12.5. The van der Waals surface area contributed by atoms with Crippen LogP contribution in [0.25, 0.3) is 0 Å². The van der Waals surface area contributed by atoms with E-state index in [1.807, 2.05) is 92.7 Å². The molecule has 7 heteroatoms. The quantitative estimate of drug-likeness (QED) is 0.302. The molecule has 0 aliphatic rings. The first-order valence-electron chi connectivity index (χ1n) is 13.4. The highest BCUT2D eigenvalue weighted by Gasteiger charge is 2.36. The lowest BCUT2D eigenvalue weighted by Gasteiger charge is -2.34. The minimum Gasteiger partial charge on any atom is -0.444 e. The zero-order chi connectivity index (χ0) is 29.3. The van der Waals surface area contributed by atoms with Crippen LogP contribution >= 0.6 is 0 Å². The number of alkyl carbamates (subject to hydrolysis) is 1. The summed E-state index contributed by atoms with van der Waals surface area (Å²) in [7, 11) is 0. The first-order chi connectivity index (χ1) is 19.0. The number of anilines is 1. The minimum absolute atomic E-state index is 0.0836. The highest BCUT2D eigenvalue weighted by atomic mass is 16.6. The van der Waals surface area contributed by atoms with Gasteiger partial charge in [-0.3, -0.25) is 9.59 Å². The number of para-hydroxylation sites is 1. The Morgan fingerprint density at radius 2 is 1.50 bits per heavy atom. The van der Waals surface area contributed by atoms with Gasteiger partial charge in [-0.1, -0.05) is 78.9 Å². The van der Waals surface area contributed by atoms with Crippen molar-refractivity contribution in [1.29, 1.82) is 0 Å². The summed E-state index contributed by atoms with van der Waals surface area (Å²) < 4.78 is 5.48. The number of hydrogen-bond donors (Lipinski definition) is 2. The van der Waals surface area contributed by atoms with Crippen LogP contribution in [0.3, 0.4) is 0 Å². The van der Waals surface area contributed by atoms with E-state index < -0.39 is 29.7 Å². The SMILES string of the molecule is C=CCN(C(=O)C(Cc1ccccc1)NC(=O)OC(C)(C)C)C(C(=O)Nc1ccccc1C)c1ccccc1C. The van der Waals surface area contributed by atoms with Crippen molar-refractivity contribution >= 4 is 23.6 Å². The summed E-state index contributed by atoms with van der Waals surface area (Å²) in [5.41, 5.74) is 3.20. The van der Waals surface area contributed by atoms with E-state index in [1.165, 1.54) is 4.90 Å². The molecule has 3 aromatic rings. The summed E-state index contributed by atoms with van der Waals surface area (Å²) in [5, 5.41) is 5.77. The fraction of sp³-hybridized carbons (Fsp3) is 0.303. The van der Waals surface area contributed by atoms with Gasteiger partial charge in [0.15, 0.2) is 0 Å². The number of carbonyl (C=O) groups is 3. The fourth-order valence-electron chi connectivity index (χ4n) is 4.42. The largest absolute Gasteiger partial charge is 0.444 e. The van der Waals surface area contributed by atoms with Gasteiger partial charge in [0.2, 0.25) is 5.91 Å². The molecule has 0 saturated carbocycles. The Bertz CT molecular complexity index is 1330. The molecule has 3 rings (SSSR count). The van der Waals surface area contributed by atoms with Gasteiger partial charge < -0.3 is 20.3 Å². The highest BCUT2D eigenvalue weighted by molar-refractivity contribution is 5.99. The first kappa shape index (κ1) is 30.2. The molecule has 0 fully saturated rings. The van der Waals surface area contributed by atoms with E-state index in [1.54, 1.807) is 26.8 Å². The Hall–Kier alpha value is -4.39. The number of hydrogen-bond acceptors (Lipinski definition) is 4. The number of benzene rings is 3. The van der Waals surface area contributed by atoms with Crippen molar-refractivity contribution in [3.63, 3.8) is 0 Å². The number of carbonyl (C=O) groups excluding carboxylic acids is 3. The van der Waals surface area contributed by atoms with Gasteiger partial charge >= 0.3 is 6.09 Å². The third kappa shape index (κ3) is 8.30. The average molecular weight is 542 g/mol. The molecule has 40 heavy (non-hydrogen) atoms. The molecule has 3 aromatic carbocycles. The van der Waals surface area contributed by atoms with Crippen LogP contribution in [-0.2, 0) is 20.7 Å². The minimum atomic E-state index is -0.991. The summed E-state index contributed by atoms with van der Waals surface area (Å²) in [6.07, 6.45) is 1.08. The molecular formula is C33H39N3O4. The van der Waals surface area contributed by atoms with Gasteiger partial charge in [0.1, 0.15) is 17.7 Å². The van der Waals surface area contributed by atoms with Gasteiger partial charge in [-0.2, -0.15) is 0 Å². The zero-order valence-corrected chi connectivity index (χ0v) is 23.9. The molecule has 0 radical (unpaired) electrons. The lowest BCUT2D eigenvalue weighted by molar-refractivity contribution is -0.140. The van der Waals surface area contributed by atoms with Crippen LogP contribution in [0.4, 0.5) is 10.5 Å². The molecule has 0 aliphatic carbocycles. The monoisotopic (exact) mass is 541 g/mol. The molecule has 7 nitrogen and oxygen atoms in total. The van der Waals surface area contributed by atoms with Crippen LogP contribution in [0.1, 0.15) is 49.1 Å². The van der Waals surface area contributed by atoms with Gasteiger partial charge in [0, 0.05) is 18.7 Å². The van der Waals surface area contributed by atoms with E-state index in [0.717, 1.165) is 16.7 Å². The standard InChI is InChI=1S/C33H39N3O4/c1-7-21-36(31(38)28(22-25-17-9-8-10-18-25)35-32(39)40-33(4,5)6)29(26-19-13-11-15-23(26)2)30(37)34-27-20-14-12-16-24(27)3/h7-20,28-29H,1,21-22H2,2-6H3,(H,34,37)(H,35,39). The van der Waals surface area contributed by atoms with Crippen LogP contribution < -0.4 is 10.6 Å². The molecule has 210 valence electrons. The lowest BCUT2D eigenvalue weighted by Crippen LogP contribution is -2.53. The second-order valence-corrected chi connectivity index (χ2v) is 10.7. The number of aryl methyl sites for hydroxylation is 2. The maximum absolute atomic E-state index is 14.3. The highest BCUT2D eigenvalue weighted by Crippen LogP contribution is 2.28. The van der Waals surface area contributed by atoms with Crippen LogP contribution in [0.15, 0.2) is 91.5 Å². The Morgan fingerprint density at radius 3 is 2.10 bits per heavy atom. The van der Waals surface area contributed by atoms with Crippen molar-refractivity contribution in [3.05, 3.63) is 114 Å². The van der Waals surface area contributed by atoms with Crippen molar-refractivity contribution in [2.45, 2.75) is 58.7 Å². The van der Waals surface area contributed by atoms with Gasteiger partial charge in [-0.05, 0) is 62.9 Å². The molecule has 0 bridgehead atoms. The number of nitrogens with zero attached hydrogens (tertiary/aromatic N) is 1. The molecule has 0 saturated heterocycles. The summed E-state index contributed by atoms with van der Waals surface area (Å²) in [6, 6.07) is 22.4. The van der Waals surface area contributed by atoms with Crippen molar-refractivity contribution in [2.24, 2.45) is 0 Å². The Morgan fingerprint density at radius 1 is 0.900 bits per heavy atom. The van der Waals surface area contributed by atoms with Gasteiger partial charge in [-0.25, -0.2) is 4.79 Å². The Labute approximate surface area is 237 Å². The molecule has 0 aromatic heterocycles. The molecular weight excluding hydrogens is 502 g/mol. The fourth-order valence-corrected chi connectivity index (χ4v) is 4.42. The topological polar surface area (TPSA) is 87.7 Å². The van der Waals surface area contributed by atoms with Crippen molar-refractivity contribution in [1.82, 2.24) is 10.2 Å². The van der Waals surface area contributed by atoms with E-state index in [4.69, 9.17) is 4.74 Å². The van der Waals surface area contributed by atoms with Gasteiger partial charge in [0.25, 0.3) is 5.91 Å². The van der Waals surface area contributed by atoms with Crippen molar-refractivity contribution < 1.29 is 19.1 Å². The van der Waals surface area contributed by atoms with E-state index >= 15 is 0 Å². The number of rotatable bonds is 10. The summed E-state index contributed by atoms with van der Waals surface area (Å²) in [4.78, 5) is 42.6. The maximum atomic E-state index is 14.3. The molecule has 2 unspecified atom stereocenters. The van der Waals surface area contributed by atoms with Gasteiger partial charge in [0.05, 0.1) is 0 Å².